The predicted molar refractivity (Wildman–Crippen MR) is 113 cm³/mol. The van der Waals surface area contributed by atoms with Crippen LogP contribution in [0.4, 0.5) is 0 Å². The van der Waals surface area contributed by atoms with Crippen molar-refractivity contribution in [2.45, 2.75) is 59.7 Å². The zero-order chi connectivity index (χ0) is 20.5. The Morgan fingerprint density at radius 2 is 1.11 bits per heavy atom. The van der Waals surface area contributed by atoms with Gasteiger partial charge in [-0.05, 0) is 90.4 Å². The molecule has 0 unspecified atom stereocenters. The van der Waals surface area contributed by atoms with Crippen LogP contribution in [0.2, 0.25) is 0 Å². The minimum Gasteiger partial charge on any atom is -0.488 e. The Morgan fingerprint density at radius 3 is 1.54 bits per heavy atom. The number of benzene rings is 2. The van der Waals surface area contributed by atoms with Crippen LogP contribution >= 0.6 is 0 Å². The van der Waals surface area contributed by atoms with Crippen molar-refractivity contribution < 1.29 is 14.0 Å². The smallest absolute Gasteiger partial charge is 0.142 e. The van der Waals surface area contributed by atoms with E-state index in [0.29, 0.717) is 0 Å². The summed E-state index contributed by atoms with van der Waals surface area (Å²) in [5.41, 5.74) is 3.40. The van der Waals surface area contributed by atoms with Crippen molar-refractivity contribution in [3.8, 4) is 33.9 Å². The number of ether oxygens (including phenoxy) is 2. The molecule has 4 nitrogen and oxygen atoms in total. The van der Waals surface area contributed by atoms with E-state index in [9.17, 15) is 0 Å². The largest absolute Gasteiger partial charge is 0.488 e. The minimum atomic E-state index is -0.228. The third kappa shape index (κ3) is 4.94. The van der Waals surface area contributed by atoms with E-state index in [1.54, 1.807) is 0 Å². The molecule has 0 fully saturated rings. The highest BCUT2D eigenvalue weighted by atomic mass is 16.5. The molecule has 0 amide bonds. The highest BCUT2D eigenvalue weighted by Gasteiger charge is 2.18. The van der Waals surface area contributed by atoms with E-state index >= 15 is 0 Å². The van der Waals surface area contributed by atoms with Crippen LogP contribution in [0.25, 0.3) is 22.4 Å². The van der Waals surface area contributed by atoms with Gasteiger partial charge in [-0.25, -0.2) is 0 Å². The van der Waals surface area contributed by atoms with Gasteiger partial charge in [0.15, 0.2) is 0 Å². The lowest BCUT2D eigenvalue weighted by Gasteiger charge is -2.21. The molecule has 28 heavy (non-hydrogen) atoms. The van der Waals surface area contributed by atoms with Gasteiger partial charge in [0.25, 0.3) is 0 Å². The molecule has 0 spiro atoms. The topological polar surface area (TPSA) is 44.5 Å². The van der Waals surface area contributed by atoms with Crippen LogP contribution in [0.5, 0.6) is 11.5 Å². The highest BCUT2D eigenvalue weighted by Crippen LogP contribution is 2.36. The molecule has 148 valence electrons. The van der Waals surface area contributed by atoms with Crippen LogP contribution in [0.1, 0.15) is 47.3 Å². The van der Waals surface area contributed by atoms with Crippen LogP contribution in [-0.4, -0.2) is 16.4 Å². The second-order valence-corrected chi connectivity index (χ2v) is 8.94. The summed E-state index contributed by atoms with van der Waals surface area (Å²) < 4.78 is 17.3. The first-order valence-electron chi connectivity index (χ1n) is 9.57. The second-order valence-electron chi connectivity index (χ2n) is 8.94. The normalized spacial score (nSPS) is 12.1. The lowest BCUT2D eigenvalue weighted by Crippen LogP contribution is -2.22. The summed E-state index contributed by atoms with van der Waals surface area (Å²) in [4.78, 5) is 0. The summed E-state index contributed by atoms with van der Waals surface area (Å²) in [5.74, 6) is 2.46. The van der Waals surface area contributed by atoms with Crippen LogP contribution in [0, 0.1) is 6.92 Å². The molecule has 0 atom stereocenters. The monoisotopic (exact) mass is 379 g/mol. The van der Waals surface area contributed by atoms with Gasteiger partial charge in [0, 0.05) is 5.56 Å². The molecule has 0 bridgehead atoms. The molecule has 3 aromatic rings. The molecule has 0 radical (unpaired) electrons. The first kappa shape index (κ1) is 20.0. The second kappa shape index (κ2) is 7.34. The van der Waals surface area contributed by atoms with Crippen molar-refractivity contribution in [2.75, 3.05) is 0 Å². The number of hydrogen-bond donors (Lipinski definition) is 0. The van der Waals surface area contributed by atoms with Gasteiger partial charge in [0.05, 0.1) is 5.56 Å². The van der Waals surface area contributed by atoms with Crippen molar-refractivity contribution in [3.63, 3.8) is 0 Å². The van der Waals surface area contributed by atoms with E-state index in [4.69, 9.17) is 14.0 Å². The molecule has 2 aromatic carbocycles. The third-order valence-corrected chi connectivity index (χ3v) is 3.98. The van der Waals surface area contributed by atoms with E-state index in [-0.39, 0.29) is 11.2 Å². The number of rotatable bonds is 4. The summed E-state index contributed by atoms with van der Waals surface area (Å²) >= 11 is 0. The van der Waals surface area contributed by atoms with Crippen molar-refractivity contribution in [1.82, 2.24) is 5.16 Å². The van der Waals surface area contributed by atoms with Gasteiger partial charge in [-0.2, -0.15) is 0 Å². The van der Waals surface area contributed by atoms with E-state index < -0.39 is 0 Å². The summed E-state index contributed by atoms with van der Waals surface area (Å²) in [6, 6.07) is 16.0. The summed E-state index contributed by atoms with van der Waals surface area (Å²) in [6.07, 6.45) is 0. The van der Waals surface area contributed by atoms with E-state index in [1.807, 2.05) is 97.0 Å². The molecule has 0 N–H and O–H groups in total. The number of hydrogen-bond acceptors (Lipinski definition) is 4. The van der Waals surface area contributed by atoms with Crippen molar-refractivity contribution >= 4 is 0 Å². The molecular weight excluding hydrogens is 350 g/mol. The van der Waals surface area contributed by atoms with Gasteiger partial charge >= 0.3 is 0 Å². The zero-order valence-electron chi connectivity index (χ0n) is 17.8. The Labute approximate surface area is 167 Å². The quantitative estimate of drug-likeness (QED) is 0.508. The average molecular weight is 380 g/mol. The highest BCUT2D eigenvalue weighted by molar-refractivity contribution is 5.82. The lowest BCUT2D eigenvalue weighted by molar-refractivity contribution is 0.130. The maximum absolute atomic E-state index is 5.92. The predicted octanol–water partition coefficient (Wildman–Crippen LogP) is 6.67. The molecule has 0 saturated heterocycles. The maximum atomic E-state index is 5.92. The standard InChI is InChI=1S/C24H29NO3/c1-16-21(17-8-12-19(13-9-17)26-23(2,3)4)22(25-28-16)18-10-14-20(15-11-18)27-24(5,6)7/h8-15H,1-7H3. The van der Waals surface area contributed by atoms with Crippen LogP contribution < -0.4 is 9.47 Å². The summed E-state index contributed by atoms with van der Waals surface area (Å²) in [6.45, 7) is 14.2. The lowest BCUT2D eigenvalue weighted by atomic mass is 9.99. The van der Waals surface area contributed by atoms with E-state index in [0.717, 1.165) is 39.6 Å². The van der Waals surface area contributed by atoms with E-state index in [1.165, 1.54) is 0 Å². The van der Waals surface area contributed by atoms with Crippen LogP contribution in [-0.2, 0) is 0 Å². The summed E-state index contributed by atoms with van der Waals surface area (Å²) in [5, 5.41) is 4.30. The van der Waals surface area contributed by atoms with Gasteiger partial charge in [0.2, 0.25) is 0 Å². The van der Waals surface area contributed by atoms with Gasteiger partial charge in [-0.3, -0.25) is 0 Å². The van der Waals surface area contributed by atoms with Crippen LogP contribution in [0.15, 0.2) is 53.1 Å². The first-order chi connectivity index (χ1) is 13.0. The van der Waals surface area contributed by atoms with Crippen molar-refractivity contribution in [1.29, 1.82) is 0 Å². The molecule has 0 aliphatic rings. The third-order valence-electron chi connectivity index (χ3n) is 3.98. The first-order valence-corrected chi connectivity index (χ1v) is 9.57. The Kier molecular flexibility index (Phi) is 5.24. The number of aryl methyl sites for hydroxylation is 1. The van der Waals surface area contributed by atoms with Gasteiger partial charge in [-0.1, -0.05) is 17.3 Å². The molecule has 1 heterocycles. The van der Waals surface area contributed by atoms with E-state index in [2.05, 4.69) is 5.16 Å². The molecule has 0 aliphatic heterocycles. The number of aromatic nitrogens is 1. The van der Waals surface area contributed by atoms with Gasteiger partial charge < -0.3 is 14.0 Å². The Bertz CT molecular complexity index is 924. The molecule has 3 rings (SSSR count). The Balaban J connectivity index is 1.90. The fraction of sp³-hybridized carbons (Fsp3) is 0.375. The van der Waals surface area contributed by atoms with Gasteiger partial charge in [0.1, 0.15) is 34.2 Å². The molecular formula is C24H29NO3. The van der Waals surface area contributed by atoms with Crippen LogP contribution in [0.3, 0.4) is 0 Å². The average Bonchev–Trinajstić information content (AvgIpc) is 2.95. The molecule has 0 aliphatic carbocycles. The molecule has 0 saturated carbocycles. The SMILES string of the molecule is Cc1onc(-c2ccc(OC(C)(C)C)cc2)c1-c1ccc(OC(C)(C)C)cc1. The summed E-state index contributed by atoms with van der Waals surface area (Å²) in [7, 11) is 0. The molecule has 4 heteroatoms. The van der Waals surface area contributed by atoms with Crippen molar-refractivity contribution in [3.05, 3.63) is 54.3 Å². The fourth-order valence-corrected chi connectivity index (χ4v) is 2.99. The number of nitrogens with zero attached hydrogens (tertiary/aromatic N) is 1. The van der Waals surface area contributed by atoms with Gasteiger partial charge in [-0.15, -0.1) is 0 Å². The molecule has 1 aromatic heterocycles. The minimum absolute atomic E-state index is 0.226. The fourth-order valence-electron chi connectivity index (χ4n) is 2.99. The maximum Gasteiger partial charge on any atom is 0.142 e. The zero-order valence-corrected chi connectivity index (χ0v) is 17.8. The Morgan fingerprint density at radius 1 is 0.679 bits per heavy atom. The Hall–Kier alpha value is -2.75. The van der Waals surface area contributed by atoms with Crippen molar-refractivity contribution in [2.24, 2.45) is 0 Å².